The summed E-state index contributed by atoms with van der Waals surface area (Å²) in [5, 5.41) is 0. The fraction of sp³-hybridized carbons (Fsp3) is 0.500. The van der Waals surface area contributed by atoms with Gasteiger partial charge >= 0.3 is 0 Å². The molecule has 2 aliphatic rings. The van der Waals surface area contributed by atoms with Gasteiger partial charge in [0, 0.05) is 24.7 Å². The molecule has 1 aliphatic heterocycles. The van der Waals surface area contributed by atoms with Crippen LogP contribution in [0.5, 0.6) is 5.75 Å². The highest BCUT2D eigenvalue weighted by Gasteiger charge is 2.26. The van der Waals surface area contributed by atoms with Crippen LogP contribution in [0.3, 0.4) is 0 Å². The lowest BCUT2D eigenvalue weighted by Gasteiger charge is -2.26. The van der Waals surface area contributed by atoms with Gasteiger partial charge in [0.15, 0.2) is 0 Å². The van der Waals surface area contributed by atoms with Gasteiger partial charge in [-0.2, -0.15) is 0 Å². The van der Waals surface area contributed by atoms with E-state index in [1.54, 1.807) is 4.90 Å². The number of carbonyl (C=O) groups is 1. The smallest absolute Gasteiger partial charge is 0.254 e. The molecule has 0 aromatic heterocycles. The first kappa shape index (κ1) is 10.6. The summed E-state index contributed by atoms with van der Waals surface area (Å²) in [4.78, 5) is 13.8. The molecule has 0 unspecified atom stereocenters. The molecule has 90 valence electrons. The lowest BCUT2D eigenvalue weighted by atomic mass is 9.98. The Labute approximate surface area is 101 Å². The maximum Gasteiger partial charge on any atom is 0.254 e. The number of carbonyl (C=O) groups excluding carboxylic acids is 1. The Morgan fingerprint density at radius 1 is 1.41 bits per heavy atom. The maximum absolute atomic E-state index is 12.0. The third-order valence-corrected chi connectivity index (χ3v) is 3.58. The van der Waals surface area contributed by atoms with Crippen molar-refractivity contribution in [3.63, 3.8) is 0 Å². The summed E-state index contributed by atoms with van der Waals surface area (Å²) in [5.41, 5.74) is 1.91. The van der Waals surface area contributed by atoms with Crippen molar-refractivity contribution in [1.82, 2.24) is 4.90 Å². The zero-order valence-corrected chi connectivity index (χ0v) is 10.1. The van der Waals surface area contributed by atoms with E-state index in [1.165, 1.54) is 12.8 Å². The number of hydrogen-bond acceptors (Lipinski definition) is 2. The van der Waals surface area contributed by atoms with Crippen LogP contribution in [0.2, 0.25) is 0 Å². The first-order valence-electron chi connectivity index (χ1n) is 6.26. The van der Waals surface area contributed by atoms with Crippen LogP contribution in [0.4, 0.5) is 0 Å². The number of ether oxygens (including phenoxy) is 1. The highest BCUT2D eigenvalue weighted by atomic mass is 16.5. The topological polar surface area (TPSA) is 29.5 Å². The minimum Gasteiger partial charge on any atom is -0.493 e. The fourth-order valence-corrected chi connectivity index (χ4v) is 2.24. The number of hydrogen-bond donors (Lipinski definition) is 0. The van der Waals surface area contributed by atoms with Crippen molar-refractivity contribution in [3.05, 3.63) is 29.3 Å². The van der Waals surface area contributed by atoms with Gasteiger partial charge in [-0.15, -0.1) is 0 Å². The zero-order valence-electron chi connectivity index (χ0n) is 10.1. The van der Waals surface area contributed by atoms with Gasteiger partial charge < -0.3 is 9.64 Å². The summed E-state index contributed by atoms with van der Waals surface area (Å²) in [6.07, 6.45) is 3.48. The molecule has 1 aromatic rings. The van der Waals surface area contributed by atoms with Crippen LogP contribution in [-0.2, 0) is 6.42 Å². The highest BCUT2D eigenvalue weighted by Crippen LogP contribution is 2.32. The third-order valence-electron chi connectivity index (χ3n) is 3.58. The number of amides is 1. The molecule has 3 rings (SSSR count). The molecule has 0 radical (unpaired) electrons. The molecule has 3 nitrogen and oxygen atoms in total. The molecule has 1 aromatic carbocycles. The van der Waals surface area contributed by atoms with Gasteiger partial charge in [-0.1, -0.05) is 6.07 Å². The maximum atomic E-state index is 12.0. The molecule has 1 amide bonds. The molecule has 3 heteroatoms. The average molecular weight is 231 g/mol. The van der Waals surface area contributed by atoms with Crippen LogP contribution in [-0.4, -0.2) is 31.0 Å². The third kappa shape index (κ3) is 2.02. The molecular weight excluding hydrogens is 214 g/mol. The van der Waals surface area contributed by atoms with Gasteiger partial charge in [-0.25, -0.2) is 0 Å². The summed E-state index contributed by atoms with van der Waals surface area (Å²) in [7, 11) is 1.85. The summed E-state index contributed by atoms with van der Waals surface area (Å²) in [5.74, 6) is 1.77. The van der Waals surface area contributed by atoms with E-state index in [4.69, 9.17) is 4.74 Å². The molecule has 0 bridgehead atoms. The SMILES string of the molecule is CN1CCc2c(OCC3CC3)cccc2C1=O. The van der Waals surface area contributed by atoms with E-state index in [0.717, 1.165) is 42.4 Å². The minimum absolute atomic E-state index is 0.114. The Kier molecular flexibility index (Phi) is 2.54. The van der Waals surface area contributed by atoms with Crippen molar-refractivity contribution >= 4 is 5.91 Å². The van der Waals surface area contributed by atoms with Crippen molar-refractivity contribution in [1.29, 1.82) is 0 Å². The number of likely N-dealkylation sites (N-methyl/N-ethyl adjacent to an activating group) is 1. The average Bonchev–Trinajstić information content (AvgIpc) is 3.15. The van der Waals surface area contributed by atoms with E-state index in [0.29, 0.717) is 0 Å². The number of fused-ring (bicyclic) bond motifs is 1. The molecule has 0 saturated heterocycles. The monoisotopic (exact) mass is 231 g/mol. The normalized spacial score (nSPS) is 19.1. The first-order valence-corrected chi connectivity index (χ1v) is 6.26. The van der Waals surface area contributed by atoms with Crippen LogP contribution >= 0.6 is 0 Å². The van der Waals surface area contributed by atoms with Crippen LogP contribution in [0.25, 0.3) is 0 Å². The summed E-state index contributed by atoms with van der Waals surface area (Å²) in [6.45, 7) is 1.59. The summed E-state index contributed by atoms with van der Waals surface area (Å²) in [6, 6.07) is 5.80. The van der Waals surface area contributed by atoms with E-state index in [1.807, 2.05) is 25.2 Å². The van der Waals surface area contributed by atoms with Crippen LogP contribution in [0.15, 0.2) is 18.2 Å². The molecule has 1 aliphatic carbocycles. The minimum atomic E-state index is 0.114. The Balaban J connectivity index is 1.86. The van der Waals surface area contributed by atoms with Gasteiger partial charge in [-0.05, 0) is 37.3 Å². The molecule has 0 N–H and O–H groups in total. The van der Waals surface area contributed by atoms with E-state index < -0.39 is 0 Å². The number of nitrogens with zero attached hydrogens (tertiary/aromatic N) is 1. The largest absolute Gasteiger partial charge is 0.493 e. The van der Waals surface area contributed by atoms with Gasteiger partial charge in [0.2, 0.25) is 0 Å². The Bertz CT molecular complexity index is 452. The van der Waals surface area contributed by atoms with Gasteiger partial charge in [0.25, 0.3) is 5.91 Å². The van der Waals surface area contributed by atoms with Crippen LogP contribution in [0.1, 0.15) is 28.8 Å². The number of benzene rings is 1. The van der Waals surface area contributed by atoms with Crippen molar-refractivity contribution in [3.8, 4) is 5.75 Å². The Morgan fingerprint density at radius 3 is 3.00 bits per heavy atom. The molecule has 17 heavy (non-hydrogen) atoms. The molecule has 1 saturated carbocycles. The second-order valence-corrected chi connectivity index (χ2v) is 5.01. The van der Waals surface area contributed by atoms with Crippen LogP contribution < -0.4 is 4.74 Å². The van der Waals surface area contributed by atoms with E-state index >= 15 is 0 Å². The lowest BCUT2D eigenvalue weighted by molar-refractivity contribution is 0.0779. The quantitative estimate of drug-likeness (QED) is 0.797. The molecule has 0 spiro atoms. The first-order chi connectivity index (χ1) is 8.25. The van der Waals surface area contributed by atoms with E-state index in [-0.39, 0.29) is 5.91 Å². The van der Waals surface area contributed by atoms with Gasteiger partial charge in [-0.3, -0.25) is 4.79 Å². The lowest BCUT2D eigenvalue weighted by Crippen LogP contribution is -2.34. The molecule has 0 atom stereocenters. The Hall–Kier alpha value is -1.51. The Morgan fingerprint density at radius 2 is 2.24 bits per heavy atom. The van der Waals surface area contributed by atoms with Gasteiger partial charge in [0.1, 0.15) is 5.75 Å². The predicted molar refractivity (Wildman–Crippen MR) is 65.3 cm³/mol. The standard InChI is InChI=1S/C14H17NO2/c1-15-8-7-11-12(14(15)16)3-2-4-13(11)17-9-10-5-6-10/h2-4,10H,5-9H2,1H3. The predicted octanol–water partition coefficient (Wildman–Crippen LogP) is 2.10. The zero-order chi connectivity index (χ0) is 11.8. The van der Waals surface area contributed by atoms with Crippen molar-refractivity contribution < 1.29 is 9.53 Å². The van der Waals surface area contributed by atoms with Crippen molar-refractivity contribution in [2.75, 3.05) is 20.2 Å². The van der Waals surface area contributed by atoms with Gasteiger partial charge in [0.05, 0.1) is 6.61 Å². The summed E-state index contributed by atoms with van der Waals surface area (Å²) < 4.78 is 5.84. The fourth-order valence-electron chi connectivity index (χ4n) is 2.24. The van der Waals surface area contributed by atoms with Crippen molar-refractivity contribution in [2.45, 2.75) is 19.3 Å². The van der Waals surface area contributed by atoms with Crippen molar-refractivity contribution in [2.24, 2.45) is 5.92 Å². The summed E-state index contributed by atoms with van der Waals surface area (Å²) >= 11 is 0. The molecular formula is C14H17NO2. The second-order valence-electron chi connectivity index (χ2n) is 5.01. The van der Waals surface area contributed by atoms with E-state index in [9.17, 15) is 4.79 Å². The van der Waals surface area contributed by atoms with Crippen LogP contribution in [0, 0.1) is 5.92 Å². The highest BCUT2D eigenvalue weighted by molar-refractivity contribution is 5.97. The number of rotatable bonds is 3. The molecule has 1 heterocycles. The second kappa shape index (κ2) is 4.06. The van der Waals surface area contributed by atoms with E-state index in [2.05, 4.69) is 0 Å². The molecule has 1 fully saturated rings.